The topological polar surface area (TPSA) is 51.2 Å². The van der Waals surface area contributed by atoms with Crippen molar-refractivity contribution in [3.63, 3.8) is 0 Å². The molecule has 62 valence electrons. The monoisotopic (exact) mass is 154 g/mol. The smallest absolute Gasteiger partial charge is 0.0586 e. The van der Waals surface area contributed by atoms with E-state index in [1.807, 2.05) is 29.9 Å². The van der Waals surface area contributed by atoms with Gasteiger partial charge in [0.15, 0.2) is 0 Å². The molecule has 1 atom stereocenters. The quantitative estimate of drug-likeness (QED) is 0.638. The van der Waals surface area contributed by atoms with E-state index in [0.717, 1.165) is 12.1 Å². The normalized spacial score (nSPS) is 13.4. The lowest BCUT2D eigenvalue weighted by atomic mass is 10.2. The summed E-state index contributed by atoms with van der Waals surface area (Å²) < 4.78 is 2.01. The first-order valence-corrected chi connectivity index (χ1v) is 3.70. The Labute approximate surface area is 66.4 Å². The van der Waals surface area contributed by atoms with Gasteiger partial charge in [0.05, 0.1) is 6.61 Å². The average Bonchev–Trinajstić information content (AvgIpc) is 2.37. The van der Waals surface area contributed by atoms with Gasteiger partial charge < -0.3 is 15.4 Å². The molecule has 0 bridgehead atoms. The molecule has 1 aromatic heterocycles. The molecule has 0 spiro atoms. The molecule has 0 radical (unpaired) electrons. The van der Waals surface area contributed by atoms with Gasteiger partial charge in [-0.15, -0.1) is 0 Å². The van der Waals surface area contributed by atoms with E-state index in [4.69, 9.17) is 10.8 Å². The molecule has 0 saturated heterocycles. The standard InChI is InChI=1S/C8H14N2O/c1-10-4-2-3-8(10)5-7(9)6-11/h2-4,7,11H,5-6,9H2,1H3. The number of hydrogen-bond acceptors (Lipinski definition) is 2. The molecule has 0 aliphatic rings. The van der Waals surface area contributed by atoms with E-state index in [-0.39, 0.29) is 12.6 Å². The van der Waals surface area contributed by atoms with Crippen molar-refractivity contribution in [2.24, 2.45) is 12.8 Å². The Morgan fingerprint density at radius 2 is 2.45 bits per heavy atom. The Kier molecular flexibility index (Phi) is 2.68. The van der Waals surface area contributed by atoms with E-state index < -0.39 is 0 Å². The predicted molar refractivity (Wildman–Crippen MR) is 44.2 cm³/mol. The molecule has 0 fully saturated rings. The fourth-order valence-corrected chi connectivity index (χ4v) is 1.04. The minimum atomic E-state index is -0.136. The number of aryl methyl sites for hydroxylation is 1. The Morgan fingerprint density at radius 1 is 1.73 bits per heavy atom. The van der Waals surface area contributed by atoms with Crippen molar-refractivity contribution in [3.05, 3.63) is 24.0 Å². The summed E-state index contributed by atoms with van der Waals surface area (Å²) in [4.78, 5) is 0. The SMILES string of the molecule is Cn1cccc1CC(N)CO. The molecule has 1 unspecified atom stereocenters. The Hall–Kier alpha value is -0.800. The lowest BCUT2D eigenvalue weighted by Crippen LogP contribution is -2.27. The van der Waals surface area contributed by atoms with E-state index in [1.165, 1.54) is 0 Å². The van der Waals surface area contributed by atoms with E-state index in [1.54, 1.807) is 0 Å². The summed E-state index contributed by atoms with van der Waals surface area (Å²) in [6.45, 7) is 0.0468. The van der Waals surface area contributed by atoms with Crippen LogP contribution in [0.2, 0.25) is 0 Å². The molecular weight excluding hydrogens is 140 g/mol. The van der Waals surface area contributed by atoms with Crippen molar-refractivity contribution >= 4 is 0 Å². The van der Waals surface area contributed by atoms with E-state index in [0.29, 0.717) is 0 Å². The number of nitrogens with two attached hydrogens (primary N) is 1. The molecular formula is C8H14N2O. The van der Waals surface area contributed by atoms with Crippen molar-refractivity contribution in [2.45, 2.75) is 12.5 Å². The number of aliphatic hydroxyl groups excluding tert-OH is 1. The van der Waals surface area contributed by atoms with Crippen molar-refractivity contribution < 1.29 is 5.11 Å². The van der Waals surface area contributed by atoms with Crippen LogP contribution >= 0.6 is 0 Å². The Bertz CT molecular complexity index is 220. The van der Waals surface area contributed by atoms with Crippen LogP contribution in [0.4, 0.5) is 0 Å². The second-order valence-corrected chi connectivity index (χ2v) is 2.76. The first-order chi connectivity index (χ1) is 5.24. The second-order valence-electron chi connectivity index (χ2n) is 2.76. The third-order valence-electron chi connectivity index (χ3n) is 1.76. The molecule has 1 rings (SSSR count). The maximum atomic E-state index is 8.69. The number of rotatable bonds is 3. The molecule has 11 heavy (non-hydrogen) atoms. The summed E-state index contributed by atoms with van der Waals surface area (Å²) in [6.07, 6.45) is 2.71. The summed E-state index contributed by atoms with van der Waals surface area (Å²) in [5, 5.41) is 8.69. The predicted octanol–water partition coefficient (Wildman–Crippen LogP) is -0.113. The van der Waals surface area contributed by atoms with Crippen LogP contribution in [-0.4, -0.2) is 22.3 Å². The lowest BCUT2D eigenvalue weighted by Gasteiger charge is -2.08. The van der Waals surface area contributed by atoms with Gasteiger partial charge in [-0.1, -0.05) is 0 Å². The van der Waals surface area contributed by atoms with E-state index in [2.05, 4.69) is 0 Å². The fourth-order valence-electron chi connectivity index (χ4n) is 1.04. The third-order valence-corrected chi connectivity index (χ3v) is 1.76. The maximum Gasteiger partial charge on any atom is 0.0586 e. The number of nitrogens with zero attached hydrogens (tertiary/aromatic N) is 1. The van der Waals surface area contributed by atoms with Gasteiger partial charge in [0.25, 0.3) is 0 Å². The van der Waals surface area contributed by atoms with E-state index in [9.17, 15) is 0 Å². The Morgan fingerprint density at radius 3 is 2.91 bits per heavy atom. The van der Waals surface area contributed by atoms with Crippen LogP contribution in [0.1, 0.15) is 5.69 Å². The first-order valence-electron chi connectivity index (χ1n) is 3.70. The van der Waals surface area contributed by atoms with Gasteiger partial charge in [-0.25, -0.2) is 0 Å². The highest BCUT2D eigenvalue weighted by atomic mass is 16.3. The summed E-state index contributed by atoms with van der Waals surface area (Å²) in [6, 6.07) is 3.85. The van der Waals surface area contributed by atoms with Crippen LogP contribution in [0, 0.1) is 0 Å². The highest BCUT2D eigenvalue weighted by molar-refractivity contribution is 5.07. The van der Waals surface area contributed by atoms with Crippen LogP contribution in [0.15, 0.2) is 18.3 Å². The zero-order valence-corrected chi connectivity index (χ0v) is 6.70. The van der Waals surface area contributed by atoms with Crippen LogP contribution < -0.4 is 5.73 Å². The summed E-state index contributed by atoms with van der Waals surface area (Å²) >= 11 is 0. The molecule has 1 aromatic rings. The van der Waals surface area contributed by atoms with Gasteiger partial charge in [-0.2, -0.15) is 0 Å². The van der Waals surface area contributed by atoms with Crippen LogP contribution in [0.5, 0.6) is 0 Å². The molecule has 0 saturated carbocycles. The van der Waals surface area contributed by atoms with Crippen LogP contribution in [-0.2, 0) is 13.5 Å². The van der Waals surface area contributed by atoms with Gasteiger partial charge in [-0.05, 0) is 12.1 Å². The third kappa shape index (κ3) is 2.06. The van der Waals surface area contributed by atoms with Gasteiger partial charge in [0, 0.05) is 31.4 Å². The van der Waals surface area contributed by atoms with Gasteiger partial charge in [-0.3, -0.25) is 0 Å². The van der Waals surface area contributed by atoms with Crippen molar-refractivity contribution in [1.29, 1.82) is 0 Å². The molecule has 0 amide bonds. The maximum absolute atomic E-state index is 8.69. The number of aliphatic hydroxyl groups is 1. The van der Waals surface area contributed by atoms with Gasteiger partial charge in [0.1, 0.15) is 0 Å². The molecule has 1 heterocycles. The largest absolute Gasteiger partial charge is 0.395 e. The second kappa shape index (κ2) is 3.55. The fraction of sp³-hybridized carbons (Fsp3) is 0.500. The average molecular weight is 154 g/mol. The van der Waals surface area contributed by atoms with Crippen molar-refractivity contribution in [3.8, 4) is 0 Å². The number of hydrogen-bond donors (Lipinski definition) is 2. The first kappa shape index (κ1) is 8.30. The molecule has 0 aromatic carbocycles. The summed E-state index contributed by atoms with van der Waals surface area (Å²) in [7, 11) is 1.97. The minimum Gasteiger partial charge on any atom is -0.395 e. The molecule has 3 heteroatoms. The van der Waals surface area contributed by atoms with Crippen LogP contribution in [0.3, 0.4) is 0 Å². The van der Waals surface area contributed by atoms with E-state index >= 15 is 0 Å². The molecule has 3 N–H and O–H groups in total. The van der Waals surface area contributed by atoms with Gasteiger partial charge >= 0.3 is 0 Å². The highest BCUT2D eigenvalue weighted by Crippen LogP contribution is 2.01. The van der Waals surface area contributed by atoms with Crippen LogP contribution in [0.25, 0.3) is 0 Å². The highest BCUT2D eigenvalue weighted by Gasteiger charge is 2.03. The summed E-state index contributed by atoms with van der Waals surface area (Å²) in [5.74, 6) is 0. The minimum absolute atomic E-state index is 0.0468. The molecule has 0 aliphatic carbocycles. The van der Waals surface area contributed by atoms with Gasteiger partial charge in [0.2, 0.25) is 0 Å². The Balaban J connectivity index is 2.56. The molecule has 0 aliphatic heterocycles. The molecule has 3 nitrogen and oxygen atoms in total. The number of aromatic nitrogens is 1. The zero-order chi connectivity index (χ0) is 8.27. The zero-order valence-electron chi connectivity index (χ0n) is 6.70. The van der Waals surface area contributed by atoms with Crippen molar-refractivity contribution in [1.82, 2.24) is 4.57 Å². The van der Waals surface area contributed by atoms with Crippen molar-refractivity contribution in [2.75, 3.05) is 6.61 Å². The lowest BCUT2D eigenvalue weighted by molar-refractivity contribution is 0.264. The summed E-state index contributed by atoms with van der Waals surface area (Å²) in [5.41, 5.74) is 6.73.